The van der Waals surface area contributed by atoms with E-state index in [0.29, 0.717) is 43.5 Å². The number of piperidine rings is 1. The van der Waals surface area contributed by atoms with E-state index in [2.05, 4.69) is 38.7 Å². The fourth-order valence-electron chi connectivity index (χ4n) is 5.05. The molecule has 212 valence electrons. The quantitative estimate of drug-likeness (QED) is 0.396. The molecule has 2 amide bonds. The van der Waals surface area contributed by atoms with Gasteiger partial charge in [0.1, 0.15) is 12.4 Å². The highest BCUT2D eigenvalue weighted by Crippen LogP contribution is 2.21. The number of pyridine rings is 1. The van der Waals surface area contributed by atoms with Crippen LogP contribution in [-0.2, 0) is 17.8 Å². The number of rotatable bonds is 11. The van der Waals surface area contributed by atoms with E-state index in [4.69, 9.17) is 4.74 Å². The molecule has 1 saturated heterocycles. The summed E-state index contributed by atoms with van der Waals surface area (Å²) in [5, 5.41) is 17.0. The van der Waals surface area contributed by atoms with Gasteiger partial charge in [-0.25, -0.2) is 0 Å². The van der Waals surface area contributed by atoms with Gasteiger partial charge in [0.2, 0.25) is 11.8 Å². The number of benzene rings is 1. The molecule has 1 atom stereocenters. The Labute approximate surface area is 231 Å². The van der Waals surface area contributed by atoms with Gasteiger partial charge in [-0.15, -0.1) is 0 Å². The van der Waals surface area contributed by atoms with Crippen molar-refractivity contribution in [1.29, 1.82) is 0 Å². The molecule has 1 fully saturated rings. The third kappa shape index (κ3) is 8.64. The Balaban J connectivity index is 1.34. The molecule has 3 heterocycles. The lowest BCUT2D eigenvalue weighted by Crippen LogP contribution is -2.42. The smallest absolute Gasteiger partial charge is 0.251 e. The van der Waals surface area contributed by atoms with Crippen LogP contribution in [0.25, 0.3) is 0 Å². The lowest BCUT2D eigenvalue weighted by atomic mass is 10.00. The van der Waals surface area contributed by atoms with E-state index in [1.165, 1.54) is 11.1 Å². The fourth-order valence-corrected chi connectivity index (χ4v) is 5.05. The lowest BCUT2D eigenvalue weighted by Gasteiger charge is -2.32. The van der Waals surface area contributed by atoms with Crippen LogP contribution in [0.5, 0.6) is 5.88 Å². The maximum Gasteiger partial charge on any atom is 0.251 e. The second-order valence-electron chi connectivity index (χ2n) is 10.8. The van der Waals surface area contributed by atoms with E-state index in [9.17, 15) is 14.7 Å². The predicted molar refractivity (Wildman–Crippen MR) is 151 cm³/mol. The first kappa shape index (κ1) is 28.8. The molecule has 1 aromatic heterocycles. The zero-order valence-electron chi connectivity index (χ0n) is 23.4. The highest BCUT2D eigenvalue weighted by Gasteiger charge is 2.22. The van der Waals surface area contributed by atoms with E-state index in [-0.39, 0.29) is 24.4 Å². The molecule has 1 unspecified atom stereocenters. The molecular weight excluding hydrogens is 496 g/mol. The van der Waals surface area contributed by atoms with Crippen molar-refractivity contribution in [3.05, 3.63) is 53.1 Å². The van der Waals surface area contributed by atoms with Gasteiger partial charge in [0.05, 0.1) is 6.10 Å². The number of likely N-dealkylation sites (tertiary alicyclic amines) is 1. The maximum atomic E-state index is 13.1. The van der Waals surface area contributed by atoms with Crippen LogP contribution in [0.2, 0.25) is 0 Å². The Bertz CT molecular complexity index is 1120. The van der Waals surface area contributed by atoms with Crippen molar-refractivity contribution in [3.63, 3.8) is 0 Å². The van der Waals surface area contributed by atoms with E-state index < -0.39 is 6.10 Å². The van der Waals surface area contributed by atoms with Crippen molar-refractivity contribution in [2.24, 2.45) is 0 Å². The average Bonchev–Trinajstić information content (AvgIpc) is 2.91. The summed E-state index contributed by atoms with van der Waals surface area (Å²) in [5.74, 6) is 0.749. The molecule has 4 rings (SSSR count). The first-order valence-electron chi connectivity index (χ1n) is 13.8. The number of anilines is 1. The largest absolute Gasteiger partial charge is 0.476 e. The number of carbonyl (C=O) groups excluding carboxylic acids is 2. The van der Waals surface area contributed by atoms with Crippen molar-refractivity contribution >= 4 is 17.6 Å². The molecule has 0 bridgehead atoms. The van der Waals surface area contributed by atoms with Gasteiger partial charge in [0.25, 0.3) is 5.91 Å². The van der Waals surface area contributed by atoms with Gasteiger partial charge in [-0.05, 0) is 50.6 Å². The monoisotopic (exact) mass is 538 g/mol. The second-order valence-corrected chi connectivity index (χ2v) is 10.8. The maximum absolute atomic E-state index is 13.1. The van der Waals surface area contributed by atoms with Crippen molar-refractivity contribution < 1.29 is 19.4 Å². The topological polar surface area (TPSA) is 110 Å². The van der Waals surface area contributed by atoms with E-state index in [1.807, 2.05) is 30.0 Å². The molecule has 2 aromatic rings. The van der Waals surface area contributed by atoms with Crippen molar-refractivity contribution in [2.45, 2.75) is 44.9 Å². The predicted octanol–water partition coefficient (Wildman–Crippen LogP) is 1.59. The lowest BCUT2D eigenvalue weighted by molar-refractivity contribution is -0.129. The number of likely N-dealkylation sites (N-methyl/N-ethyl adjacent to an activating group) is 1. The van der Waals surface area contributed by atoms with Gasteiger partial charge in [-0.2, -0.15) is 4.98 Å². The van der Waals surface area contributed by atoms with Crippen molar-refractivity contribution in [1.82, 2.24) is 25.0 Å². The minimum Gasteiger partial charge on any atom is -0.476 e. The van der Waals surface area contributed by atoms with E-state index in [1.54, 1.807) is 19.1 Å². The average molecular weight is 539 g/mol. The van der Waals surface area contributed by atoms with Crippen LogP contribution in [-0.4, -0.2) is 109 Å². The summed E-state index contributed by atoms with van der Waals surface area (Å²) in [4.78, 5) is 35.4. The number of β-amino-alcohol motifs (C(OH)–C–C–N with tert-alkyl or cyclic N) is 1. The van der Waals surface area contributed by atoms with Gasteiger partial charge < -0.3 is 30.3 Å². The van der Waals surface area contributed by atoms with Crippen LogP contribution in [0.15, 0.2) is 36.4 Å². The summed E-state index contributed by atoms with van der Waals surface area (Å²) in [6, 6.07) is 11.9. The van der Waals surface area contributed by atoms with Crippen LogP contribution in [0.3, 0.4) is 0 Å². The van der Waals surface area contributed by atoms with E-state index in [0.717, 1.165) is 38.9 Å². The third-order valence-electron chi connectivity index (χ3n) is 7.32. The summed E-state index contributed by atoms with van der Waals surface area (Å²) in [7, 11) is 3.93. The molecule has 2 aliphatic rings. The normalized spacial score (nSPS) is 17.0. The minimum absolute atomic E-state index is 0.0918. The second kappa shape index (κ2) is 13.7. The van der Waals surface area contributed by atoms with Crippen LogP contribution >= 0.6 is 0 Å². The molecule has 2 aliphatic heterocycles. The Hall–Kier alpha value is -3.21. The molecule has 3 N–H and O–H groups in total. The summed E-state index contributed by atoms with van der Waals surface area (Å²) in [6.45, 7) is 6.49. The van der Waals surface area contributed by atoms with E-state index >= 15 is 0 Å². The SMILES string of the molecule is CC(=O)N1CCC(Nc2cc(C(=O)NCC(O)CN3CCc4ccccc4C3)cc(OCCN(C)C)n2)CC1. The number of fused-ring (bicyclic) bond motifs is 1. The minimum atomic E-state index is -0.680. The number of nitrogens with one attached hydrogen (secondary N) is 2. The van der Waals surface area contributed by atoms with Gasteiger partial charge in [0, 0.05) is 70.4 Å². The third-order valence-corrected chi connectivity index (χ3v) is 7.32. The first-order chi connectivity index (χ1) is 18.8. The van der Waals surface area contributed by atoms with Gasteiger partial charge in [0.15, 0.2) is 0 Å². The van der Waals surface area contributed by atoms with Gasteiger partial charge in [-0.3, -0.25) is 14.5 Å². The van der Waals surface area contributed by atoms with Crippen LogP contribution in [0.1, 0.15) is 41.3 Å². The van der Waals surface area contributed by atoms with Crippen LogP contribution < -0.4 is 15.4 Å². The fraction of sp³-hybridized carbons (Fsp3) is 0.552. The molecule has 0 saturated carbocycles. The zero-order chi connectivity index (χ0) is 27.8. The van der Waals surface area contributed by atoms with Crippen molar-refractivity contribution in [3.8, 4) is 5.88 Å². The first-order valence-corrected chi connectivity index (χ1v) is 13.8. The highest BCUT2D eigenvalue weighted by atomic mass is 16.5. The number of amides is 2. The zero-order valence-corrected chi connectivity index (χ0v) is 23.4. The van der Waals surface area contributed by atoms with Crippen LogP contribution in [0.4, 0.5) is 5.82 Å². The molecule has 0 radical (unpaired) electrons. The summed E-state index contributed by atoms with van der Waals surface area (Å²) >= 11 is 0. The molecule has 1 aromatic carbocycles. The Morgan fingerprint density at radius 3 is 2.62 bits per heavy atom. The van der Waals surface area contributed by atoms with Crippen LogP contribution in [0, 0.1) is 0 Å². The number of carbonyl (C=O) groups is 2. The molecule has 39 heavy (non-hydrogen) atoms. The number of hydrogen-bond donors (Lipinski definition) is 3. The number of aromatic nitrogens is 1. The Kier molecular flexibility index (Phi) is 10.1. The molecular formula is C29H42N6O4. The number of nitrogens with zero attached hydrogens (tertiary/aromatic N) is 4. The number of aliphatic hydroxyl groups is 1. The molecule has 0 spiro atoms. The Morgan fingerprint density at radius 2 is 1.90 bits per heavy atom. The summed E-state index contributed by atoms with van der Waals surface area (Å²) in [5.41, 5.74) is 3.09. The van der Waals surface area contributed by atoms with Gasteiger partial charge in [-0.1, -0.05) is 24.3 Å². The summed E-state index contributed by atoms with van der Waals surface area (Å²) in [6.07, 6.45) is 1.90. The van der Waals surface area contributed by atoms with Crippen molar-refractivity contribution in [2.75, 3.05) is 65.3 Å². The molecule has 10 heteroatoms. The standard InChI is InChI=1S/C29H42N6O4/c1-21(36)35-12-9-25(10-13-35)31-27-16-24(17-28(32-27)39-15-14-33(2)3)29(38)30-18-26(37)20-34-11-8-22-6-4-5-7-23(22)19-34/h4-7,16-17,25-26,37H,8-15,18-20H2,1-3H3,(H,30,38)(H,31,32). The number of hydrogen-bond acceptors (Lipinski definition) is 8. The Morgan fingerprint density at radius 1 is 1.15 bits per heavy atom. The highest BCUT2D eigenvalue weighted by molar-refractivity contribution is 5.95. The molecule has 0 aliphatic carbocycles. The summed E-state index contributed by atoms with van der Waals surface area (Å²) < 4.78 is 5.86. The number of ether oxygens (including phenoxy) is 1. The van der Waals surface area contributed by atoms with Gasteiger partial charge >= 0.3 is 0 Å². The molecule has 10 nitrogen and oxygen atoms in total. The number of aliphatic hydroxyl groups excluding tert-OH is 1.